The third-order valence-corrected chi connectivity index (χ3v) is 7.17. The molecule has 0 aromatic rings. The Morgan fingerprint density at radius 2 is 2.17 bits per heavy atom. The van der Waals surface area contributed by atoms with Gasteiger partial charge in [0.05, 0.1) is 18.1 Å². The minimum Gasteiger partial charge on any atom is -0.481 e. The van der Waals surface area contributed by atoms with Gasteiger partial charge in [0.1, 0.15) is 0 Å². The van der Waals surface area contributed by atoms with Crippen molar-refractivity contribution in [3.8, 4) is 0 Å². The van der Waals surface area contributed by atoms with Gasteiger partial charge in [-0.2, -0.15) is 0 Å². The fourth-order valence-corrected chi connectivity index (χ4v) is 5.67. The fraction of sp³-hybridized carbons (Fsp3) is 0.750. The highest BCUT2D eigenvalue weighted by atomic mass is 16.5. The Balaban J connectivity index is 1.91. The van der Waals surface area contributed by atoms with E-state index in [1.54, 1.807) is 0 Å². The molecule has 3 nitrogen and oxygen atoms in total. The number of carbonyl (C=O) groups is 1. The highest BCUT2D eigenvalue weighted by Crippen LogP contribution is 2.62. The number of rotatable bonds is 3. The molecule has 0 radical (unpaired) electrons. The van der Waals surface area contributed by atoms with E-state index >= 15 is 0 Å². The average Bonchev–Trinajstić information content (AvgIpc) is 2.88. The van der Waals surface area contributed by atoms with Crippen LogP contribution in [-0.2, 0) is 9.53 Å². The van der Waals surface area contributed by atoms with Crippen molar-refractivity contribution in [3.05, 3.63) is 23.8 Å². The monoisotopic (exact) mass is 318 g/mol. The molecule has 0 unspecified atom stereocenters. The predicted molar refractivity (Wildman–Crippen MR) is 91.2 cm³/mol. The molecule has 2 saturated carbocycles. The molecular weight excluding hydrogens is 288 g/mol. The summed E-state index contributed by atoms with van der Waals surface area (Å²) in [5.41, 5.74) is 2.07. The van der Waals surface area contributed by atoms with Gasteiger partial charge in [0.2, 0.25) is 0 Å². The zero-order chi connectivity index (χ0) is 16.8. The lowest BCUT2D eigenvalue weighted by Crippen LogP contribution is -2.53. The zero-order valence-corrected chi connectivity index (χ0v) is 14.7. The van der Waals surface area contributed by atoms with Crippen LogP contribution in [0.3, 0.4) is 0 Å². The molecule has 5 atom stereocenters. The van der Waals surface area contributed by atoms with E-state index in [0.29, 0.717) is 12.5 Å². The van der Waals surface area contributed by atoms with Gasteiger partial charge in [0.25, 0.3) is 0 Å². The van der Waals surface area contributed by atoms with Crippen LogP contribution in [0, 0.1) is 22.7 Å². The maximum atomic E-state index is 12.0. The Bertz CT molecular complexity index is 549. The Kier molecular flexibility index (Phi) is 4.20. The lowest BCUT2D eigenvalue weighted by Gasteiger charge is -2.57. The molecule has 0 saturated heterocycles. The molecule has 128 valence electrons. The summed E-state index contributed by atoms with van der Waals surface area (Å²) in [5, 5.41) is 9.87. The summed E-state index contributed by atoms with van der Waals surface area (Å²) < 4.78 is 5.89. The molecule has 2 aliphatic carbocycles. The lowest BCUT2D eigenvalue weighted by molar-refractivity contribution is -0.164. The molecule has 2 fully saturated rings. The fourth-order valence-electron chi connectivity index (χ4n) is 5.67. The van der Waals surface area contributed by atoms with Crippen molar-refractivity contribution in [2.75, 3.05) is 6.61 Å². The SMILES string of the molecule is C=C1CC[C@@H]2[C@](C)(CCC[C@@]2(C)C(=O)O)[C@H]1C[C@@H]1OCC=C1C. The van der Waals surface area contributed by atoms with E-state index < -0.39 is 11.4 Å². The molecule has 3 heteroatoms. The number of allylic oxidation sites excluding steroid dienone is 1. The highest BCUT2D eigenvalue weighted by molar-refractivity contribution is 5.75. The number of hydrogen-bond donors (Lipinski definition) is 1. The second kappa shape index (κ2) is 5.77. The van der Waals surface area contributed by atoms with E-state index in [-0.39, 0.29) is 17.4 Å². The number of fused-ring (bicyclic) bond motifs is 1. The van der Waals surface area contributed by atoms with Crippen LogP contribution in [-0.4, -0.2) is 23.8 Å². The van der Waals surface area contributed by atoms with Gasteiger partial charge in [0, 0.05) is 0 Å². The second-order valence-electron chi connectivity index (χ2n) is 8.39. The van der Waals surface area contributed by atoms with E-state index in [9.17, 15) is 9.90 Å². The summed E-state index contributed by atoms with van der Waals surface area (Å²) in [6.07, 6.45) is 8.16. The molecule has 0 bridgehead atoms. The minimum absolute atomic E-state index is 0.0347. The molecular formula is C20H30O3. The summed E-state index contributed by atoms with van der Waals surface area (Å²) in [6.45, 7) is 11.5. The molecule has 0 amide bonds. The minimum atomic E-state index is -0.618. The van der Waals surface area contributed by atoms with Crippen molar-refractivity contribution in [3.63, 3.8) is 0 Å². The molecule has 0 spiro atoms. The molecule has 1 aliphatic heterocycles. The maximum absolute atomic E-state index is 12.0. The van der Waals surface area contributed by atoms with E-state index in [1.165, 1.54) is 11.1 Å². The van der Waals surface area contributed by atoms with Crippen molar-refractivity contribution in [1.82, 2.24) is 0 Å². The van der Waals surface area contributed by atoms with E-state index in [2.05, 4.69) is 26.5 Å². The highest BCUT2D eigenvalue weighted by Gasteiger charge is 2.57. The van der Waals surface area contributed by atoms with E-state index in [0.717, 1.165) is 38.5 Å². The summed E-state index contributed by atoms with van der Waals surface area (Å²) in [7, 11) is 0. The number of carboxylic acid groups (broad SMARTS) is 1. The zero-order valence-electron chi connectivity index (χ0n) is 14.7. The van der Waals surface area contributed by atoms with Gasteiger partial charge in [-0.1, -0.05) is 31.6 Å². The summed E-state index contributed by atoms with van der Waals surface area (Å²) in [5.74, 6) is -0.0120. The van der Waals surface area contributed by atoms with E-state index in [4.69, 9.17) is 4.74 Å². The van der Waals surface area contributed by atoms with Crippen molar-refractivity contribution >= 4 is 5.97 Å². The van der Waals surface area contributed by atoms with Gasteiger partial charge in [0.15, 0.2) is 0 Å². The van der Waals surface area contributed by atoms with Crippen LogP contribution in [0.4, 0.5) is 0 Å². The first-order valence-electron chi connectivity index (χ1n) is 8.98. The van der Waals surface area contributed by atoms with Crippen molar-refractivity contribution < 1.29 is 14.6 Å². The molecule has 1 N–H and O–H groups in total. The van der Waals surface area contributed by atoms with Crippen LogP contribution in [0.15, 0.2) is 23.8 Å². The van der Waals surface area contributed by atoms with Crippen LogP contribution >= 0.6 is 0 Å². The predicted octanol–water partition coefficient (Wildman–Crippen LogP) is 4.59. The Hall–Kier alpha value is -1.09. The van der Waals surface area contributed by atoms with Crippen LogP contribution in [0.2, 0.25) is 0 Å². The Morgan fingerprint density at radius 1 is 1.43 bits per heavy atom. The number of aliphatic carboxylic acids is 1. The third kappa shape index (κ3) is 2.57. The van der Waals surface area contributed by atoms with Crippen LogP contribution < -0.4 is 0 Å². The first-order valence-corrected chi connectivity index (χ1v) is 8.98. The normalized spacial score (nSPS) is 43.9. The van der Waals surface area contributed by atoms with Crippen molar-refractivity contribution in [2.45, 2.75) is 65.4 Å². The molecule has 0 aromatic carbocycles. The van der Waals surface area contributed by atoms with Crippen LogP contribution in [0.5, 0.6) is 0 Å². The maximum Gasteiger partial charge on any atom is 0.309 e. The van der Waals surface area contributed by atoms with Gasteiger partial charge >= 0.3 is 5.97 Å². The first kappa shape index (κ1) is 16.8. The van der Waals surface area contributed by atoms with Gasteiger partial charge in [-0.15, -0.1) is 0 Å². The van der Waals surface area contributed by atoms with Gasteiger partial charge in [-0.25, -0.2) is 0 Å². The number of carboxylic acids is 1. The molecule has 1 heterocycles. The molecule has 3 rings (SSSR count). The Labute approximate surface area is 139 Å². The van der Waals surface area contributed by atoms with Crippen molar-refractivity contribution in [2.24, 2.45) is 22.7 Å². The molecule has 0 aromatic heterocycles. The summed E-state index contributed by atoms with van der Waals surface area (Å²) >= 11 is 0. The molecule has 23 heavy (non-hydrogen) atoms. The largest absolute Gasteiger partial charge is 0.481 e. The number of ether oxygens (including phenoxy) is 1. The van der Waals surface area contributed by atoms with Crippen LogP contribution in [0.1, 0.15) is 59.3 Å². The first-order chi connectivity index (χ1) is 10.8. The quantitative estimate of drug-likeness (QED) is 0.774. The summed E-state index contributed by atoms with van der Waals surface area (Å²) in [6, 6.07) is 0. The Morgan fingerprint density at radius 3 is 2.78 bits per heavy atom. The average molecular weight is 318 g/mol. The van der Waals surface area contributed by atoms with E-state index in [1.807, 2.05) is 6.92 Å². The lowest BCUT2D eigenvalue weighted by atomic mass is 9.46. The van der Waals surface area contributed by atoms with Gasteiger partial charge < -0.3 is 9.84 Å². The smallest absolute Gasteiger partial charge is 0.309 e. The standard InChI is InChI=1S/C20H30O3/c1-13-6-7-17-19(3,9-5-10-20(17,4)18(21)22)15(13)12-16-14(2)8-11-23-16/h8,15-17H,1,5-7,9-12H2,2-4H3,(H,21,22)/t15-,16-,17+,19+,20+/m0/s1. The van der Waals surface area contributed by atoms with Gasteiger partial charge in [-0.3, -0.25) is 4.79 Å². The van der Waals surface area contributed by atoms with Gasteiger partial charge in [-0.05, 0) is 68.8 Å². The second-order valence-corrected chi connectivity index (χ2v) is 8.39. The topological polar surface area (TPSA) is 46.5 Å². The summed E-state index contributed by atoms with van der Waals surface area (Å²) in [4.78, 5) is 12.0. The van der Waals surface area contributed by atoms with Crippen LogP contribution in [0.25, 0.3) is 0 Å². The third-order valence-electron chi connectivity index (χ3n) is 7.17. The number of hydrogen-bond acceptors (Lipinski definition) is 2. The molecule has 3 aliphatic rings. The van der Waals surface area contributed by atoms with Crippen molar-refractivity contribution in [1.29, 1.82) is 0 Å².